The number of hydrogen-bond acceptors (Lipinski definition) is 2. The van der Waals surface area contributed by atoms with E-state index in [4.69, 9.17) is 4.74 Å². The lowest BCUT2D eigenvalue weighted by Gasteiger charge is -2.08. The minimum Gasteiger partial charge on any atom is -0.496 e. The summed E-state index contributed by atoms with van der Waals surface area (Å²) in [6.45, 7) is 6.29. The van der Waals surface area contributed by atoms with Crippen LogP contribution in [0.25, 0.3) is 0 Å². The largest absolute Gasteiger partial charge is 0.496 e. The highest BCUT2D eigenvalue weighted by Gasteiger charge is 2.09. The highest BCUT2D eigenvalue weighted by atomic mass is 16.5. The third kappa shape index (κ3) is 3.72. The minimum atomic E-state index is 0.137. The van der Waals surface area contributed by atoms with E-state index < -0.39 is 0 Å². The maximum atomic E-state index is 12.3. The lowest BCUT2D eigenvalue weighted by atomic mass is 9.98. The van der Waals surface area contributed by atoms with Crippen LogP contribution in [-0.2, 0) is 6.42 Å². The van der Waals surface area contributed by atoms with Crippen LogP contribution < -0.4 is 4.74 Å². The summed E-state index contributed by atoms with van der Waals surface area (Å²) in [6.07, 6.45) is 0.435. The van der Waals surface area contributed by atoms with Gasteiger partial charge in [0.1, 0.15) is 5.75 Å². The van der Waals surface area contributed by atoms with E-state index in [9.17, 15) is 4.79 Å². The molecule has 21 heavy (non-hydrogen) atoms. The monoisotopic (exact) mass is 282 g/mol. The average molecular weight is 282 g/mol. The molecule has 0 atom stereocenters. The number of ketones is 1. The van der Waals surface area contributed by atoms with Gasteiger partial charge in [0.15, 0.2) is 5.78 Å². The van der Waals surface area contributed by atoms with Gasteiger partial charge in [-0.15, -0.1) is 0 Å². The molecule has 0 fully saturated rings. The molecule has 0 unspecified atom stereocenters. The second-order valence-electron chi connectivity index (χ2n) is 5.68. The van der Waals surface area contributed by atoms with Crippen molar-refractivity contribution < 1.29 is 9.53 Å². The van der Waals surface area contributed by atoms with Gasteiger partial charge in [-0.1, -0.05) is 38.1 Å². The minimum absolute atomic E-state index is 0.137. The van der Waals surface area contributed by atoms with E-state index in [1.54, 1.807) is 7.11 Å². The van der Waals surface area contributed by atoms with Crippen molar-refractivity contribution in [2.24, 2.45) is 0 Å². The molecule has 0 aliphatic carbocycles. The van der Waals surface area contributed by atoms with Crippen molar-refractivity contribution in [2.45, 2.75) is 33.1 Å². The van der Waals surface area contributed by atoms with Gasteiger partial charge in [-0.05, 0) is 47.7 Å². The van der Waals surface area contributed by atoms with Gasteiger partial charge < -0.3 is 4.74 Å². The summed E-state index contributed by atoms with van der Waals surface area (Å²) in [7, 11) is 1.64. The standard InChI is InChI=1S/C19H22O2/c1-13(2)16-7-5-15(6-8-16)12-18(20)17-9-10-19(21-4)14(3)11-17/h5-11,13H,12H2,1-4H3. The normalized spacial score (nSPS) is 10.7. The first-order chi connectivity index (χ1) is 10.0. The Morgan fingerprint density at radius 2 is 1.76 bits per heavy atom. The Balaban J connectivity index is 2.12. The molecule has 2 aromatic carbocycles. The van der Waals surface area contributed by atoms with Gasteiger partial charge in [0.05, 0.1) is 7.11 Å². The van der Waals surface area contributed by atoms with E-state index in [2.05, 4.69) is 26.0 Å². The summed E-state index contributed by atoms with van der Waals surface area (Å²) in [6, 6.07) is 13.9. The molecule has 2 aromatic rings. The second-order valence-corrected chi connectivity index (χ2v) is 5.68. The molecule has 0 amide bonds. The number of ether oxygens (including phenoxy) is 1. The Kier molecular flexibility index (Phi) is 4.79. The fourth-order valence-corrected chi connectivity index (χ4v) is 2.36. The molecule has 0 spiro atoms. The predicted octanol–water partition coefficient (Wildman–Crippen LogP) is 4.55. The van der Waals surface area contributed by atoms with Gasteiger partial charge >= 0.3 is 0 Å². The topological polar surface area (TPSA) is 26.3 Å². The Labute approximate surface area is 126 Å². The van der Waals surface area contributed by atoms with Crippen molar-refractivity contribution in [3.05, 3.63) is 64.7 Å². The average Bonchev–Trinajstić information content (AvgIpc) is 2.47. The third-order valence-electron chi connectivity index (χ3n) is 3.73. The summed E-state index contributed by atoms with van der Waals surface area (Å²) in [5.74, 6) is 1.46. The highest BCUT2D eigenvalue weighted by Crippen LogP contribution is 2.20. The number of methoxy groups -OCH3 is 1. The number of carbonyl (C=O) groups excluding carboxylic acids is 1. The lowest BCUT2D eigenvalue weighted by Crippen LogP contribution is -2.04. The van der Waals surface area contributed by atoms with Gasteiger partial charge in [0.25, 0.3) is 0 Å². The zero-order chi connectivity index (χ0) is 15.4. The van der Waals surface area contributed by atoms with E-state index in [-0.39, 0.29) is 5.78 Å². The number of hydrogen-bond donors (Lipinski definition) is 0. The molecule has 2 rings (SSSR count). The zero-order valence-electron chi connectivity index (χ0n) is 13.1. The summed E-state index contributed by atoms with van der Waals surface area (Å²) in [5, 5.41) is 0. The van der Waals surface area contributed by atoms with Crippen LogP contribution in [-0.4, -0.2) is 12.9 Å². The quantitative estimate of drug-likeness (QED) is 0.752. The van der Waals surface area contributed by atoms with Gasteiger partial charge in [-0.25, -0.2) is 0 Å². The van der Waals surface area contributed by atoms with Crippen molar-refractivity contribution in [1.82, 2.24) is 0 Å². The molecule has 0 N–H and O–H groups in total. The van der Waals surface area contributed by atoms with Crippen molar-refractivity contribution in [3.63, 3.8) is 0 Å². The van der Waals surface area contributed by atoms with Gasteiger partial charge in [-0.3, -0.25) is 4.79 Å². The summed E-state index contributed by atoms with van der Waals surface area (Å²) in [5.41, 5.74) is 4.07. The van der Waals surface area contributed by atoms with E-state index in [1.165, 1.54) is 5.56 Å². The van der Waals surface area contributed by atoms with Gasteiger partial charge in [0, 0.05) is 12.0 Å². The molecule has 2 nitrogen and oxygen atoms in total. The number of aryl methyl sites for hydroxylation is 1. The molecule has 0 radical (unpaired) electrons. The SMILES string of the molecule is COc1ccc(C(=O)Cc2ccc(C(C)C)cc2)cc1C. The van der Waals surface area contributed by atoms with Crippen LogP contribution >= 0.6 is 0 Å². The van der Waals surface area contributed by atoms with Crippen molar-refractivity contribution in [1.29, 1.82) is 0 Å². The molecular formula is C19H22O2. The van der Waals surface area contributed by atoms with E-state index in [0.717, 1.165) is 22.4 Å². The van der Waals surface area contributed by atoms with Crippen molar-refractivity contribution in [2.75, 3.05) is 7.11 Å². The first-order valence-electron chi connectivity index (χ1n) is 7.28. The van der Waals surface area contributed by atoms with E-state index >= 15 is 0 Å². The molecule has 0 bridgehead atoms. The molecule has 110 valence electrons. The Hall–Kier alpha value is -2.09. The number of Topliss-reactive ketones (excluding diaryl/α,β-unsaturated/α-hetero) is 1. The number of carbonyl (C=O) groups is 1. The number of rotatable bonds is 5. The fraction of sp³-hybridized carbons (Fsp3) is 0.316. The van der Waals surface area contributed by atoms with E-state index in [0.29, 0.717) is 12.3 Å². The Bertz CT molecular complexity index is 625. The van der Waals surface area contributed by atoms with Crippen molar-refractivity contribution in [3.8, 4) is 5.75 Å². The molecule has 0 heterocycles. The van der Waals surface area contributed by atoms with Gasteiger partial charge in [0.2, 0.25) is 0 Å². The first kappa shape index (κ1) is 15.3. The lowest BCUT2D eigenvalue weighted by molar-refractivity contribution is 0.0993. The maximum absolute atomic E-state index is 12.3. The maximum Gasteiger partial charge on any atom is 0.167 e. The fourth-order valence-electron chi connectivity index (χ4n) is 2.36. The summed E-state index contributed by atoms with van der Waals surface area (Å²) in [4.78, 5) is 12.3. The second kappa shape index (κ2) is 6.57. The van der Waals surface area contributed by atoms with Crippen LogP contribution in [0.2, 0.25) is 0 Å². The summed E-state index contributed by atoms with van der Waals surface area (Å²) >= 11 is 0. The smallest absolute Gasteiger partial charge is 0.167 e. The van der Waals surface area contributed by atoms with Crippen LogP contribution in [0.4, 0.5) is 0 Å². The van der Waals surface area contributed by atoms with Crippen LogP contribution in [0.5, 0.6) is 5.75 Å². The number of benzene rings is 2. The predicted molar refractivity (Wildman–Crippen MR) is 86.3 cm³/mol. The molecule has 0 saturated heterocycles. The third-order valence-corrected chi connectivity index (χ3v) is 3.73. The molecule has 0 aliphatic heterocycles. The van der Waals surface area contributed by atoms with Crippen molar-refractivity contribution >= 4 is 5.78 Å². The molecular weight excluding hydrogens is 260 g/mol. The molecule has 0 aromatic heterocycles. The Morgan fingerprint density at radius 1 is 1.10 bits per heavy atom. The van der Waals surface area contributed by atoms with E-state index in [1.807, 2.05) is 37.3 Å². The van der Waals surface area contributed by atoms with Crippen LogP contribution in [0, 0.1) is 6.92 Å². The molecule has 2 heteroatoms. The molecule has 0 saturated carbocycles. The van der Waals surface area contributed by atoms with Crippen LogP contribution in [0.1, 0.15) is 46.8 Å². The van der Waals surface area contributed by atoms with Crippen LogP contribution in [0.15, 0.2) is 42.5 Å². The van der Waals surface area contributed by atoms with Crippen LogP contribution in [0.3, 0.4) is 0 Å². The zero-order valence-corrected chi connectivity index (χ0v) is 13.1. The van der Waals surface area contributed by atoms with Gasteiger partial charge in [-0.2, -0.15) is 0 Å². The molecule has 0 aliphatic rings. The Morgan fingerprint density at radius 3 is 2.29 bits per heavy atom. The first-order valence-corrected chi connectivity index (χ1v) is 7.28. The highest BCUT2D eigenvalue weighted by molar-refractivity contribution is 5.97. The summed E-state index contributed by atoms with van der Waals surface area (Å²) < 4.78 is 5.22.